The molecular weight excluding hydrogens is 515 g/mol. The van der Waals surface area contributed by atoms with E-state index in [4.69, 9.17) is 26.3 Å². The van der Waals surface area contributed by atoms with Crippen molar-refractivity contribution in [2.75, 3.05) is 36.5 Å². The van der Waals surface area contributed by atoms with Gasteiger partial charge in [-0.2, -0.15) is 3.22 Å². The number of aliphatic imine (C=N–C) groups is 1. The van der Waals surface area contributed by atoms with E-state index in [9.17, 15) is 0 Å². The van der Waals surface area contributed by atoms with Crippen molar-refractivity contribution in [3.63, 3.8) is 0 Å². The first-order valence-electron chi connectivity index (χ1n) is 10.1. The molecule has 0 bridgehead atoms. The fourth-order valence-electron chi connectivity index (χ4n) is 4.19. The van der Waals surface area contributed by atoms with Crippen molar-refractivity contribution in [3.8, 4) is 0 Å². The van der Waals surface area contributed by atoms with E-state index in [0.29, 0.717) is 5.02 Å². The molecule has 0 aliphatic carbocycles. The van der Waals surface area contributed by atoms with Crippen LogP contribution in [0.15, 0.2) is 41.5 Å². The maximum absolute atomic E-state index is 6.60. The molecule has 30 heavy (non-hydrogen) atoms. The third kappa shape index (κ3) is 3.48. The van der Waals surface area contributed by atoms with Crippen LogP contribution in [0, 0.1) is 0 Å². The third-order valence-electron chi connectivity index (χ3n) is 5.99. The fourth-order valence-corrected chi connectivity index (χ4v) is 5.00. The molecule has 2 atom stereocenters. The van der Waals surface area contributed by atoms with Gasteiger partial charge in [-0.05, 0) is 19.9 Å². The molecule has 2 fully saturated rings. The standard InChI is InChI=1S/C21H24ClIN6O/c1-21(2)19-20(27-29(21)23)25-16-11-17(28-7-9-30-10-8-28)24-12-14(16)18(26-19)13-5-3-4-6-15(13)22/h3-6,11-12,19-20,25,27H,7-10H2,1-2H3. The van der Waals surface area contributed by atoms with E-state index in [1.165, 1.54) is 0 Å². The molecule has 1 aromatic heterocycles. The molecule has 4 heterocycles. The highest BCUT2D eigenvalue weighted by atomic mass is 127. The Labute approximate surface area is 195 Å². The highest BCUT2D eigenvalue weighted by molar-refractivity contribution is 14.1. The summed E-state index contributed by atoms with van der Waals surface area (Å²) in [5.74, 6) is 0.949. The van der Waals surface area contributed by atoms with Gasteiger partial charge in [0.25, 0.3) is 0 Å². The van der Waals surface area contributed by atoms with Crippen molar-refractivity contribution in [2.45, 2.75) is 31.6 Å². The minimum absolute atomic E-state index is 0.0140. The number of pyridine rings is 1. The van der Waals surface area contributed by atoms with Crippen LogP contribution in [-0.2, 0) is 4.74 Å². The summed E-state index contributed by atoms with van der Waals surface area (Å²) in [5, 5.41) is 4.38. The maximum Gasteiger partial charge on any atom is 0.130 e. The number of nitrogens with zero attached hydrogens (tertiary/aromatic N) is 4. The molecule has 5 rings (SSSR count). The summed E-state index contributed by atoms with van der Waals surface area (Å²) in [5.41, 5.74) is 7.11. The van der Waals surface area contributed by atoms with E-state index in [0.717, 1.165) is 54.6 Å². The highest BCUT2D eigenvalue weighted by Gasteiger charge is 2.49. The number of fused-ring (bicyclic) bond motifs is 2. The normalized spacial score (nSPS) is 25.7. The predicted molar refractivity (Wildman–Crippen MR) is 129 cm³/mol. The van der Waals surface area contributed by atoms with E-state index in [2.05, 4.69) is 61.6 Å². The Morgan fingerprint density at radius 1 is 1.20 bits per heavy atom. The average molecular weight is 539 g/mol. The molecule has 0 spiro atoms. The van der Waals surface area contributed by atoms with Crippen molar-refractivity contribution < 1.29 is 4.74 Å². The van der Waals surface area contributed by atoms with Gasteiger partial charge < -0.3 is 15.0 Å². The number of hydrogen-bond donors (Lipinski definition) is 2. The summed E-state index contributed by atoms with van der Waals surface area (Å²) in [4.78, 5) is 12.3. The molecule has 0 radical (unpaired) electrons. The van der Waals surface area contributed by atoms with Crippen LogP contribution < -0.4 is 15.6 Å². The molecule has 2 aromatic rings. The Bertz CT molecular complexity index is 993. The van der Waals surface area contributed by atoms with Crippen molar-refractivity contribution in [2.24, 2.45) is 4.99 Å². The van der Waals surface area contributed by atoms with Crippen LogP contribution in [0.2, 0.25) is 5.02 Å². The fraction of sp³-hybridized carbons (Fsp3) is 0.429. The number of aromatic nitrogens is 1. The van der Waals surface area contributed by atoms with Crippen LogP contribution in [0.3, 0.4) is 0 Å². The number of anilines is 2. The quantitative estimate of drug-likeness (QED) is 0.451. The number of hydrogen-bond acceptors (Lipinski definition) is 7. The third-order valence-corrected chi connectivity index (χ3v) is 7.84. The van der Waals surface area contributed by atoms with Gasteiger partial charge in [0.2, 0.25) is 0 Å². The van der Waals surface area contributed by atoms with Gasteiger partial charge in [0.15, 0.2) is 0 Å². The van der Waals surface area contributed by atoms with Gasteiger partial charge >= 0.3 is 0 Å². The minimum atomic E-state index is -0.187. The number of rotatable bonds is 2. The van der Waals surface area contributed by atoms with E-state index in [-0.39, 0.29) is 17.7 Å². The molecule has 0 saturated carbocycles. The topological polar surface area (TPSA) is 65.0 Å². The van der Waals surface area contributed by atoms with Gasteiger partial charge in [-0.15, -0.1) is 0 Å². The second kappa shape index (κ2) is 7.90. The van der Waals surface area contributed by atoms with Crippen molar-refractivity contribution in [1.29, 1.82) is 0 Å². The Balaban J connectivity index is 1.64. The summed E-state index contributed by atoms with van der Waals surface area (Å²) in [7, 11) is 0. The Hall–Kier alpha value is -1.46. The molecule has 3 aliphatic rings. The number of ether oxygens (including phenoxy) is 1. The number of hydrazine groups is 1. The van der Waals surface area contributed by atoms with Crippen LogP contribution in [0.4, 0.5) is 11.5 Å². The Morgan fingerprint density at radius 3 is 2.73 bits per heavy atom. The van der Waals surface area contributed by atoms with Gasteiger partial charge in [-0.3, -0.25) is 4.99 Å². The molecule has 9 heteroatoms. The number of benzene rings is 1. The lowest BCUT2D eigenvalue weighted by Gasteiger charge is -2.28. The van der Waals surface area contributed by atoms with Crippen LogP contribution in [0.1, 0.15) is 25.0 Å². The SMILES string of the molecule is CC1(C)C2N=C(c3ccccc3Cl)c3cnc(N4CCOCC4)cc3NC2NN1I. The van der Waals surface area contributed by atoms with E-state index >= 15 is 0 Å². The van der Waals surface area contributed by atoms with E-state index in [1.807, 2.05) is 30.5 Å². The summed E-state index contributed by atoms with van der Waals surface area (Å²) in [6, 6.07) is 9.99. The second-order valence-corrected chi connectivity index (χ2v) is 9.65. The molecular formula is C21H24ClIN6O. The van der Waals surface area contributed by atoms with Gasteiger partial charge in [0, 0.05) is 64.4 Å². The van der Waals surface area contributed by atoms with Gasteiger partial charge in [-0.1, -0.05) is 29.8 Å². The molecule has 7 nitrogen and oxygen atoms in total. The van der Waals surface area contributed by atoms with E-state index < -0.39 is 0 Å². The van der Waals surface area contributed by atoms with Crippen molar-refractivity contribution >= 4 is 51.7 Å². The average Bonchev–Trinajstić information content (AvgIpc) is 2.88. The summed E-state index contributed by atoms with van der Waals surface area (Å²) in [6.07, 6.45) is 1.89. The summed E-state index contributed by atoms with van der Waals surface area (Å²) in [6.45, 7) is 7.53. The lowest BCUT2D eigenvalue weighted by atomic mass is 9.95. The molecule has 3 aliphatic heterocycles. The highest BCUT2D eigenvalue weighted by Crippen LogP contribution is 2.38. The van der Waals surface area contributed by atoms with Crippen LogP contribution in [0.25, 0.3) is 0 Å². The number of nitrogens with one attached hydrogen (secondary N) is 2. The molecule has 2 N–H and O–H groups in total. The van der Waals surface area contributed by atoms with Crippen molar-refractivity contribution in [3.05, 3.63) is 52.7 Å². The molecule has 2 saturated heterocycles. The van der Waals surface area contributed by atoms with E-state index in [1.54, 1.807) is 0 Å². The lowest BCUT2D eigenvalue weighted by Crippen LogP contribution is -2.42. The first kappa shape index (κ1) is 20.4. The number of halogens is 2. The first-order valence-corrected chi connectivity index (χ1v) is 11.4. The zero-order valence-electron chi connectivity index (χ0n) is 16.9. The van der Waals surface area contributed by atoms with Crippen LogP contribution >= 0.6 is 34.5 Å². The van der Waals surface area contributed by atoms with Gasteiger partial charge in [-0.25, -0.2) is 10.4 Å². The summed E-state index contributed by atoms with van der Waals surface area (Å²) < 4.78 is 7.61. The zero-order chi connectivity index (χ0) is 20.9. The molecule has 158 valence electrons. The lowest BCUT2D eigenvalue weighted by molar-refractivity contribution is 0.122. The van der Waals surface area contributed by atoms with Crippen molar-refractivity contribution in [1.82, 2.24) is 13.6 Å². The molecule has 0 amide bonds. The Kier molecular flexibility index (Phi) is 5.39. The van der Waals surface area contributed by atoms with Gasteiger partial charge in [0.1, 0.15) is 18.0 Å². The second-order valence-electron chi connectivity index (χ2n) is 8.28. The first-order chi connectivity index (χ1) is 14.4. The monoisotopic (exact) mass is 538 g/mol. The maximum atomic E-state index is 6.60. The largest absolute Gasteiger partial charge is 0.378 e. The van der Waals surface area contributed by atoms with Crippen LogP contribution in [0.5, 0.6) is 0 Å². The minimum Gasteiger partial charge on any atom is -0.378 e. The van der Waals surface area contributed by atoms with Crippen LogP contribution in [-0.4, -0.2) is 58.0 Å². The molecule has 1 aromatic carbocycles. The van der Waals surface area contributed by atoms with Gasteiger partial charge in [0.05, 0.1) is 30.2 Å². The summed E-state index contributed by atoms with van der Waals surface area (Å²) >= 11 is 8.92. The number of morpholine rings is 1. The predicted octanol–water partition coefficient (Wildman–Crippen LogP) is 3.48. The smallest absolute Gasteiger partial charge is 0.130 e. The molecule has 2 unspecified atom stereocenters. The zero-order valence-corrected chi connectivity index (χ0v) is 19.8. The Morgan fingerprint density at radius 2 is 1.97 bits per heavy atom.